The summed E-state index contributed by atoms with van der Waals surface area (Å²) in [5.74, 6) is -0.909. The van der Waals surface area contributed by atoms with Gasteiger partial charge >= 0.3 is 5.97 Å². The van der Waals surface area contributed by atoms with E-state index in [2.05, 4.69) is 10.3 Å². The molecule has 1 amide bonds. The molecule has 27 heavy (non-hydrogen) atoms. The minimum atomic E-state index is -0.493. The van der Waals surface area contributed by atoms with E-state index in [4.69, 9.17) is 16.3 Å². The number of anilines is 1. The third-order valence-electron chi connectivity index (χ3n) is 4.57. The number of carbonyl (C=O) groups is 2. The first-order valence-corrected chi connectivity index (χ1v) is 9.12. The van der Waals surface area contributed by atoms with Gasteiger partial charge in [0.1, 0.15) is 0 Å². The first kappa shape index (κ1) is 17.5. The number of benzene rings is 2. The highest BCUT2D eigenvalue weighted by Crippen LogP contribution is 2.30. The van der Waals surface area contributed by atoms with Crippen LogP contribution in [0.5, 0.6) is 0 Å². The number of pyridine rings is 1. The van der Waals surface area contributed by atoms with Gasteiger partial charge in [-0.15, -0.1) is 0 Å². The summed E-state index contributed by atoms with van der Waals surface area (Å²) in [5.41, 5.74) is 3.74. The third-order valence-corrected chi connectivity index (χ3v) is 4.80. The van der Waals surface area contributed by atoms with E-state index in [1.807, 2.05) is 24.3 Å². The van der Waals surface area contributed by atoms with Gasteiger partial charge in [-0.3, -0.25) is 9.78 Å². The average Bonchev–Trinajstić information content (AvgIpc) is 3.12. The first-order chi connectivity index (χ1) is 13.1. The summed E-state index contributed by atoms with van der Waals surface area (Å²) in [4.78, 5) is 29.5. The molecule has 0 saturated heterocycles. The monoisotopic (exact) mass is 380 g/mol. The van der Waals surface area contributed by atoms with E-state index in [9.17, 15) is 9.59 Å². The molecule has 1 heterocycles. The van der Waals surface area contributed by atoms with Crippen molar-refractivity contribution >= 4 is 40.1 Å². The van der Waals surface area contributed by atoms with Crippen LogP contribution >= 0.6 is 11.6 Å². The average molecular weight is 381 g/mol. The van der Waals surface area contributed by atoms with Gasteiger partial charge in [0.2, 0.25) is 0 Å². The Hall–Kier alpha value is -2.92. The molecular weight excluding hydrogens is 364 g/mol. The lowest BCUT2D eigenvalue weighted by Crippen LogP contribution is -2.21. The van der Waals surface area contributed by atoms with Gasteiger partial charge in [-0.05, 0) is 49.1 Å². The number of aryl methyl sites for hydroxylation is 1. The van der Waals surface area contributed by atoms with Crippen molar-refractivity contribution in [3.63, 3.8) is 0 Å². The second-order valence-electron chi connectivity index (χ2n) is 6.42. The van der Waals surface area contributed by atoms with Crippen LogP contribution < -0.4 is 5.32 Å². The van der Waals surface area contributed by atoms with Gasteiger partial charge in [0.15, 0.2) is 6.61 Å². The van der Waals surface area contributed by atoms with Crippen molar-refractivity contribution in [3.05, 3.63) is 70.4 Å². The fraction of sp³-hybridized carbons (Fsp3) is 0.190. The van der Waals surface area contributed by atoms with E-state index < -0.39 is 11.9 Å². The molecule has 0 bridgehead atoms. The number of fused-ring (bicyclic) bond motifs is 2. The number of esters is 1. The quantitative estimate of drug-likeness (QED) is 0.689. The van der Waals surface area contributed by atoms with E-state index >= 15 is 0 Å². The van der Waals surface area contributed by atoms with Crippen LogP contribution in [0.2, 0.25) is 5.02 Å². The van der Waals surface area contributed by atoms with E-state index in [1.165, 1.54) is 0 Å². The van der Waals surface area contributed by atoms with Gasteiger partial charge in [0.05, 0.1) is 11.1 Å². The molecule has 3 aromatic rings. The zero-order valence-corrected chi connectivity index (χ0v) is 15.3. The fourth-order valence-electron chi connectivity index (χ4n) is 3.41. The lowest BCUT2D eigenvalue weighted by Gasteiger charge is -2.12. The molecule has 4 rings (SSSR count). The Morgan fingerprint density at radius 1 is 1.11 bits per heavy atom. The maximum atomic E-state index is 12.8. The van der Waals surface area contributed by atoms with Crippen molar-refractivity contribution in [3.8, 4) is 0 Å². The number of amides is 1. The van der Waals surface area contributed by atoms with Gasteiger partial charge in [-0.25, -0.2) is 4.79 Å². The number of ether oxygens (including phenoxy) is 1. The summed E-state index contributed by atoms with van der Waals surface area (Å²) < 4.78 is 5.31. The second kappa shape index (κ2) is 7.37. The van der Waals surface area contributed by atoms with Crippen molar-refractivity contribution in [1.29, 1.82) is 0 Å². The van der Waals surface area contributed by atoms with Crippen molar-refractivity contribution < 1.29 is 14.3 Å². The van der Waals surface area contributed by atoms with Crippen LogP contribution in [0.4, 0.5) is 5.69 Å². The summed E-state index contributed by atoms with van der Waals surface area (Å²) in [6.45, 7) is -0.364. The molecule has 1 aliphatic carbocycles. The smallest absolute Gasteiger partial charge is 0.339 e. The summed E-state index contributed by atoms with van der Waals surface area (Å²) >= 11 is 5.90. The predicted octanol–water partition coefficient (Wildman–Crippen LogP) is 4.17. The fourth-order valence-corrected chi connectivity index (χ4v) is 3.60. The third kappa shape index (κ3) is 3.64. The molecule has 0 unspecified atom stereocenters. The summed E-state index contributed by atoms with van der Waals surface area (Å²) in [6.07, 6.45) is 2.62. The molecule has 0 atom stereocenters. The van der Waals surface area contributed by atoms with Gasteiger partial charge in [0.25, 0.3) is 5.91 Å². The SMILES string of the molecule is O=C(COC(=O)c1c2c(nc3ccccc13)CCC2)Nc1cccc(Cl)c1. The number of halogens is 1. The van der Waals surface area contributed by atoms with Crippen molar-refractivity contribution in [2.75, 3.05) is 11.9 Å². The molecule has 1 aromatic heterocycles. The Morgan fingerprint density at radius 2 is 1.96 bits per heavy atom. The number of nitrogens with one attached hydrogen (secondary N) is 1. The van der Waals surface area contributed by atoms with E-state index in [0.717, 1.165) is 41.4 Å². The number of hydrogen-bond acceptors (Lipinski definition) is 4. The minimum absolute atomic E-state index is 0.364. The van der Waals surface area contributed by atoms with Crippen molar-refractivity contribution in [2.24, 2.45) is 0 Å². The van der Waals surface area contributed by atoms with Crippen molar-refractivity contribution in [1.82, 2.24) is 4.98 Å². The molecule has 6 heteroatoms. The van der Waals surface area contributed by atoms with Crippen LogP contribution in [-0.4, -0.2) is 23.5 Å². The largest absolute Gasteiger partial charge is 0.452 e. The van der Waals surface area contributed by atoms with Gasteiger partial charge in [-0.2, -0.15) is 0 Å². The van der Waals surface area contributed by atoms with Crippen LogP contribution in [0.3, 0.4) is 0 Å². The Kier molecular flexibility index (Phi) is 4.77. The predicted molar refractivity (Wildman–Crippen MR) is 104 cm³/mol. The number of rotatable bonds is 4. The van der Waals surface area contributed by atoms with Crippen molar-refractivity contribution in [2.45, 2.75) is 19.3 Å². The first-order valence-electron chi connectivity index (χ1n) is 8.75. The number of aromatic nitrogens is 1. The maximum Gasteiger partial charge on any atom is 0.339 e. The van der Waals surface area contributed by atoms with E-state index in [0.29, 0.717) is 16.3 Å². The molecule has 2 aromatic carbocycles. The molecule has 0 saturated carbocycles. The van der Waals surface area contributed by atoms with E-state index in [-0.39, 0.29) is 6.61 Å². The second-order valence-corrected chi connectivity index (χ2v) is 6.85. The number of para-hydroxylation sites is 1. The zero-order valence-electron chi connectivity index (χ0n) is 14.5. The Bertz CT molecular complexity index is 1050. The lowest BCUT2D eigenvalue weighted by atomic mass is 10.0. The zero-order chi connectivity index (χ0) is 18.8. The van der Waals surface area contributed by atoms with Gasteiger partial charge in [0, 0.05) is 21.8 Å². The van der Waals surface area contributed by atoms with Crippen LogP contribution in [-0.2, 0) is 22.4 Å². The standard InChI is InChI=1S/C21H17ClN2O3/c22-13-5-3-6-14(11-13)23-19(25)12-27-21(26)20-15-7-1-2-9-17(15)24-18-10-4-8-16(18)20/h1-3,5-7,9,11H,4,8,10,12H2,(H,23,25). The maximum absolute atomic E-state index is 12.8. The molecule has 0 spiro atoms. The van der Waals surface area contributed by atoms with Crippen LogP contribution in [0.1, 0.15) is 28.0 Å². The molecule has 5 nitrogen and oxygen atoms in total. The van der Waals surface area contributed by atoms with Crippen LogP contribution in [0, 0.1) is 0 Å². The number of nitrogens with zero attached hydrogens (tertiary/aromatic N) is 1. The van der Waals surface area contributed by atoms with Crippen LogP contribution in [0.15, 0.2) is 48.5 Å². The Balaban J connectivity index is 1.53. The lowest BCUT2D eigenvalue weighted by molar-refractivity contribution is -0.119. The van der Waals surface area contributed by atoms with Gasteiger partial charge in [-0.1, -0.05) is 35.9 Å². The Morgan fingerprint density at radius 3 is 2.81 bits per heavy atom. The molecule has 1 N–H and O–H groups in total. The highest BCUT2D eigenvalue weighted by molar-refractivity contribution is 6.30. The van der Waals surface area contributed by atoms with Gasteiger partial charge < -0.3 is 10.1 Å². The topological polar surface area (TPSA) is 68.3 Å². The summed E-state index contributed by atoms with van der Waals surface area (Å²) in [5, 5.41) is 3.95. The highest BCUT2D eigenvalue weighted by Gasteiger charge is 2.25. The molecule has 0 fully saturated rings. The number of hydrogen-bond donors (Lipinski definition) is 1. The molecular formula is C21H17ClN2O3. The molecule has 0 aliphatic heterocycles. The van der Waals surface area contributed by atoms with Crippen LogP contribution in [0.25, 0.3) is 10.9 Å². The van der Waals surface area contributed by atoms with E-state index in [1.54, 1.807) is 24.3 Å². The minimum Gasteiger partial charge on any atom is -0.452 e. The summed E-state index contributed by atoms with van der Waals surface area (Å²) in [6, 6.07) is 14.3. The summed E-state index contributed by atoms with van der Waals surface area (Å²) in [7, 11) is 0. The Labute approximate surface area is 161 Å². The number of carbonyl (C=O) groups excluding carboxylic acids is 2. The molecule has 0 radical (unpaired) electrons. The highest BCUT2D eigenvalue weighted by atomic mass is 35.5. The molecule has 1 aliphatic rings. The normalized spacial score (nSPS) is 12.6. The molecule has 136 valence electrons.